The van der Waals surface area contributed by atoms with Crippen molar-refractivity contribution in [1.29, 1.82) is 0 Å². The van der Waals surface area contributed by atoms with E-state index in [0.29, 0.717) is 5.56 Å². The van der Waals surface area contributed by atoms with Gasteiger partial charge in [0.15, 0.2) is 0 Å². The molecule has 0 amide bonds. The number of carbonyl (C=O) groups excluding carboxylic acids is 1. The molecule has 2 aromatic carbocycles. The van der Waals surface area contributed by atoms with E-state index in [1.807, 2.05) is 48.5 Å². The minimum absolute atomic E-state index is 0.139. The molecule has 0 bridgehead atoms. The van der Waals surface area contributed by atoms with Crippen molar-refractivity contribution in [2.45, 2.75) is 24.5 Å². The first-order valence-corrected chi connectivity index (χ1v) is 13.5. The topological polar surface area (TPSA) is 34.1 Å². The summed E-state index contributed by atoms with van der Waals surface area (Å²) in [5, 5.41) is 0. The Labute approximate surface area is 143 Å². The van der Waals surface area contributed by atoms with Gasteiger partial charge in [0.05, 0.1) is 0 Å². The van der Waals surface area contributed by atoms with Crippen molar-refractivity contribution < 1.29 is 8.63 Å². The zero-order chi connectivity index (χ0) is 16.9. The van der Waals surface area contributed by atoms with Crippen LogP contribution in [0, 0.1) is 11.5 Å². The normalized spacial score (nSPS) is 13.5. The second-order valence-electron chi connectivity index (χ2n) is 6.24. The third-order valence-corrected chi connectivity index (χ3v) is 7.10. The first kappa shape index (κ1) is 17.6. The van der Waals surface area contributed by atoms with Crippen LogP contribution in [0.1, 0.15) is 10.4 Å². The molecule has 0 aromatic heterocycles. The van der Waals surface area contributed by atoms with Gasteiger partial charge in [0, 0.05) is 0 Å². The summed E-state index contributed by atoms with van der Waals surface area (Å²) in [5.41, 5.74) is 3.79. The number of carbonyl (C=O) groups is 1. The van der Waals surface area contributed by atoms with Gasteiger partial charge in [0.2, 0.25) is 0 Å². The van der Waals surface area contributed by atoms with E-state index in [1.165, 1.54) is 0 Å². The van der Waals surface area contributed by atoms with Gasteiger partial charge in [0.25, 0.3) is 0 Å². The molecule has 2 atom stereocenters. The fourth-order valence-corrected chi connectivity index (χ4v) is 5.26. The fraction of sp³-hybridized carbons (Fsp3) is 0.211. The number of Topliss-reactive ketones (excluding diaryl/α,β-unsaturated/α-hetero) is 1. The van der Waals surface area contributed by atoms with Crippen LogP contribution in [0.25, 0.3) is 0 Å². The maximum atomic E-state index is 13.0. The van der Waals surface area contributed by atoms with E-state index in [2.05, 4.69) is 31.1 Å². The van der Waals surface area contributed by atoms with Crippen LogP contribution in [0.4, 0.5) is 0 Å². The Morgan fingerprint density at radius 1 is 0.957 bits per heavy atom. The monoisotopic (exact) mass is 388 g/mol. The van der Waals surface area contributed by atoms with Gasteiger partial charge >= 0.3 is 143 Å². The number of hydrogen-bond acceptors (Lipinski definition) is 2. The van der Waals surface area contributed by atoms with Crippen molar-refractivity contribution in [2.75, 3.05) is 0 Å². The number of hydrogen-bond donors (Lipinski definition) is 0. The van der Waals surface area contributed by atoms with Crippen LogP contribution in [0.15, 0.2) is 60.7 Å². The Hall–Kier alpha value is -1.79. The van der Waals surface area contributed by atoms with E-state index in [1.54, 1.807) is 12.1 Å². The zero-order valence-corrected chi connectivity index (χ0v) is 16.3. The Kier molecular flexibility index (Phi) is 5.84. The standard InChI is InChI=1S/C19H20O2SeSi/c1-23(2,3)15-14-18(19(20)16-10-6-4-7-11-16)22(21)17-12-8-5-9-13-17/h4-13,18H,1-3H3. The summed E-state index contributed by atoms with van der Waals surface area (Å²) < 4.78 is 13.7. The summed E-state index contributed by atoms with van der Waals surface area (Å²) in [7, 11) is -1.65. The first-order chi connectivity index (χ1) is 10.9. The average molecular weight is 387 g/mol. The Balaban J connectivity index is 2.42. The van der Waals surface area contributed by atoms with Crippen molar-refractivity contribution in [3.8, 4) is 11.5 Å². The molecule has 0 saturated heterocycles. The molecule has 0 radical (unpaired) electrons. The maximum absolute atomic E-state index is 13.0. The van der Waals surface area contributed by atoms with Gasteiger partial charge in [-0.05, 0) is 0 Å². The predicted molar refractivity (Wildman–Crippen MR) is 98.2 cm³/mol. The molecule has 0 saturated carbocycles. The van der Waals surface area contributed by atoms with E-state index >= 15 is 0 Å². The van der Waals surface area contributed by atoms with E-state index in [0.717, 1.165) is 4.46 Å². The van der Waals surface area contributed by atoms with Crippen molar-refractivity contribution in [1.82, 2.24) is 0 Å². The van der Waals surface area contributed by atoms with Crippen molar-refractivity contribution in [2.24, 2.45) is 0 Å². The van der Waals surface area contributed by atoms with Crippen LogP contribution in [-0.2, 0) is 3.83 Å². The fourth-order valence-electron chi connectivity index (χ4n) is 1.94. The second kappa shape index (κ2) is 7.65. The summed E-state index contributed by atoms with van der Waals surface area (Å²) in [4.78, 5) is 12.1. The molecular weight excluding hydrogens is 367 g/mol. The summed E-state index contributed by atoms with van der Waals surface area (Å²) in [6, 6.07) is 18.2. The minimum atomic E-state index is -2.59. The van der Waals surface area contributed by atoms with E-state index in [4.69, 9.17) is 0 Å². The van der Waals surface area contributed by atoms with Crippen LogP contribution >= 0.6 is 0 Å². The molecule has 118 valence electrons. The van der Waals surface area contributed by atoms with Gasteiger partial charge in [-0.1, -0.05) is 0 Å². The molecule has 0 N–H and O–H groups in total. The van der Waals surface area contributed by atoms with E-state index in [-0.39, 0.29) is 5.78 Å². The van der Waals surface area contributed by atoms with Gasteiger partial charge in [-0.3, -0.25) is 0 Å². The summed E-state index contributed by atoms with van der Waals surface area (Å²) in [5.74, 6) is 2.92. The Morgan fingerprint density at radius 2 is 1.48 bits per heavy atom. The molecule has 0 heterocycles. The van der Waals surface area contributed by atoms with Crippen molar-refractivity contribution in [3.05, 3.63) is 66.2 Å². The molecule has 0 spiro atoms. The zero-order valence-electron chi connectivity index (χ0n) is 13.6. The third-order valence-electron chi connectivity index (χ3n) is 3.06. The molecule has 0 aliphatic heterocycles. The van der Waals surface area contributed by atoms with Gasteiger partial charge in [-0.2, -0.15) is 0 Å². The summed E-state index contributed by atoms with van der Waals surface area (Å²) >= 11 is -2.59. The molecule has 0 fully saturated rings. The van der Waals surface area contributed by atoms with E-state index < -0.39 is 26.7 Å². The molecule has 2 unspecified atom stereocenters. The molecule has 0 aliphatic rings. The Bertz CT molecular complexity index is 701. The molecule has 0 aliphatic carbocycles. The number of rotatable bonds is 4. The van der Waals surface area contributed by atoms with Crippen LogP contribution < -0.4 is 4.46 Å². The summed E-state index contributed by atoms with van der Waals surface area (Å²) in [6.07, 6.45) is 0. The average Bonchev–Trinajstić information content (AvgIpc) is 2.55. The quantitative estimate of drug-likeness (QED) is 0.458. The van der Waals surface area contributed by atoms with Gasteiger partial charge in [-0.15, -0.1) is 0 Å². The number of benzene rings is 2. The SMILES string of the molecule is C[Si](C)(C)C#CC(C(=O)c1ccccc1)[Se](=O)c1ccccc1. The Morgan fingerprint density at radius 3 is 2.00 bits per heavy atom. The molecule has 2 aromatic rings. The summed E-state index contributed by atoms with van der Waals surface area (Å²) in [6.45, 7) is 6.35. The first-order valence-electron chi connectivity index (χ1n) is 7.46. The predicted octanol–water partition coefficient (Wildman–Crippen LogP) is 3.45. The van der Waals surface area contributed by atoms with Crippen LogP contribution in [0.5, 0.6) is 0 Å². The molecule has 4 heteroatoms. The molecular formula is C19H20O2SeSi. The molecule has 2 rings (SSSR count). The second-order valence-corrected chi connectivity index (χ2v) is 14.2. The van der Waals surface area contributed by atoms with Crippen molar-refractivity contribution >= 4 is 32.2 Å². The van der Waals surface area contributed by atoms with Crippen LogP contribution in [-0.4, -0.2) is 27.7 Å². The van der Waals surface area contributed by atoms with Crippen LogP contribution in [0.3, 0.4) is 0 Å². The van der Waals surface area contributed by atoms with Gasteiger partial charge in [-0.25, -0.2) is 0 Å². The number of ketones is 1. The molecule has 2 nitrogen and oxygen atoms in total. The molecule has 23 heavy (non-hydrogen) atoms. The third kappa shape index (κ3) is 5.11. The van der Waals surface area contributed by atoms with Gasteiger partial charge < -0.3 is 0 Å². The van der Waals surface area contributed by atoms with Crippen LogP contribution in [0.2, 0.25) is 24.5 Å². The van der Waals surface area contributed by atoms with Gasteiger partial charge in [0.1, 0.15) is 0 Å². The van der Waals surface area contributed by atoms with E-state index in [9.17, 15) is 8.63 Å². The van der Waals surface area contributed by atoms with Crippen molar-refractivity contribution in [3.63, 3.8) is 0 Å².